The zero-order chi connectivity index (χ0) is 20.6. The maximum Gasteiger partial charge on any atom is 0.251 e. The summed E-state index contributed by atoms with van der Waals surface area (Å²) in [5.74, 6) is 1.43. The minimum Gasteiger partial charge on any atom is -0.497 e. The van der Waals surface area contributed by atoms with Gasteiger partial charge in [0.25, 0.3) is 5.91 Å². The fourth-order valence-electron chi connectivity index (χ4n) is 2.81. The summed E-state index contributed by atoms with van der Waals surface area (Å²) >= 11 is 1.34. The zero-order valence-corrected chi connectivity index (χ0v) is 17.8. The minimum absolute atomic E-state index is 0.00551. The largest absolute Gasteiger partial charge is 0.497 e. The first-order valence-electron chi connectivity index (χ1n) is 9.64. The third kappa shape index (κ3) is 6.02. The lowest BCUT2D eigenvalue weighted by Gasteiger charge is -2.17. The summed E-state index contributed by atoms with van der Waals surface area (Å²) in [5, 5.41) is 7.12. The SMILES string of the molecule is CCC(CNc1nc(Cc2ccc(C)cc2)ns1)NC(=O)c1ccc(OC)cc1. The number of ether oxygens (including phenoxy) is 1. The first-order valence-corrected chi connectivity index (χ1v) is 10.4. The van der Waals surface area contributed by atoms with Crippen molar-refractivity contribution in [3.05, 3.63) is 71.0 Å². The number of nitrogens with zero attached hydrogens (tertiary/aromatic N) is 2. The Balaban J connectivity index is 1.51. The number of amides is 1. The van der Waals surface area contributed by atoms with E-state index in [0.29, 0.717) is 18.5 Å². The van der Waals surface area contributed by atoms with Crippen molar-refractivity contribution in [3.8, 4) is 5.75 Å². The summed E-state index contributed by atoms with van der Waals surface area (Å²) in [7, 11) is 1.60. The molecule has 2 N–H and O–H groups in total. The van der Waals surface area contributed by atoms with Gasteiger partial charge in [0.15, 0.2) is 0 Å². The van der Waals surface area contributed by atoms with E-state index in [2.05, 4.69) is 51.2 Å². The summed E-state index contributed by atoms with van der Waals surface area (Å²) in [5.41, 5.74) is 3.04. The van der Waals surface area contributed by atoms with E-state index in [1.807, 2.05) is 6.92 Å². The van der Waals surface area contributed by atoms with Gasteiger partial charge in [-0.25, -0.2) is 4.98 Å². The third-order valence-corrected chi connectivity index (χ3v) is 5.34. The molecule has 1 amide bonds. The number of aromatic nitrogens is 2. The van der Waals surface area contributed by atoms with Gasteiger partial charge in [0.1, 0.15) is 11.6 Å². The van der Waals surface area contributed by atoms with Crippen molar-refractivity contribution in [2.24, 2.45) is 0 Å². The number of anilines is 1. The normalized spacial score (nSPS) is 11.7. The molecule has 0 saturated heterocycles. The van der Waals surface area contributed by atoms with Crippen molar-refractivity contribution >= 4 is 22.6 Å². The average molecular weight is 411 g/mol. The molecule has 1 atom stereocenters. The molecule has 0 fully saturated rings. The molecule has 6 nitrogen and oxygen atoms in total. The quantitative estimate of drug-likeness (QED) is 0.556. The molecule has 1 unspecified atom stereocenters. The highest BCUT2D eigenvalue weighted by Gasteiger charge is 2.13. The van der Waals surface area contributed by atoms with Crippen molar-refractivity contribution < 1.29 is 9.53 Å². The fraction of sp³-hybridized carbons (Fsp3) is 0.318. The van der Waals surface area contributed by atoms with Crippen LogP contribution in [-0.4, -0.2) is 35.0 Å². The van der Waals surface area contributed by atoms with E-state index in [0.717, 1.165) is 23.1 Å². The van der Waals surface area contributed by atoms with Crippen molar-refractivity contribution in [2.45, 2.75) is 32.7 Å². The van der Waals surface area contributed by atoms with Gasteiger partial charge in [-0.2, -0.15) is 4.37 Å². The number of carbonyl (C=O) groups is 1. The Morgan fingerprint density at radius 3 is 2.52 bits per heavy atom. The summed E-state index contributed by atoms with van der Waals surface area (Å²) < 4.78 is 9.56. The van der Waals surface area contributed by atoms with Gasteiger partial charge < -0.3 is 15.4 Å². The number of carbonyl (C=O) groups excluding carboxylic acids is 1. The Morgan fingerprint density at radius 1 is 1.14 bits per heavy atom. The van der Waals surface area contributed by atoms with Gasteiger partial charge >= 0.3 is 0 Å². The number of nitrogens with one attached hydrogen (secondary N) is 2. The van der Waals surface area contributed by atoms with E-state index in [9.17, 15) is 4.79 Å². The van der Waals surface area contributed by atoms with Gasteiger partial charge in [0, 0.05) is 36.1 Å². The summed E-state index contributed by atoms with van der Waals surface area (Å²) in [6, 6.07) is 15.5. The van der Waals surface area contributed by atoms with E-state index < -0.39 is 0 Å². The molecular weight excluding hydrogens is 384 g/mol. The minimum atomic E-state index is -0.0985. The van der Waals surface area contributed by atoms with E-state index in [-0.39, 0.29) is 11.9 Å². The zero-order valence-electron chi connectivity index (χ0n) is 16.9. The molecule has 7 heteroatoms. The predicted molar refractivity (Wildman–Crippen MR) is 117 cm³/mol. The Bertz CT molecular complexity index is 923. The molecule has 1 heterocycles. The van der Waals surface area contributed by atoms with Gasteiger partial charge in [-0.3, -0.25) is 4.79 Å². The van der Waals surface area contributed by atoms with E-state index in [1.165, 1.54) is 22.7 Å². The maximum absolute atomic E-state index is 12.5. The Kier molecular flexibility index (Phi) is 7.19. The molecule has 0 aliphatic heterocycles. The Hall–Kier alpha value is -2.93. The first kappa shape index (κ1) is 20.8. The summed E-state index contributed by atoms with van der Waals surface area (Å²) in [6.07, 6.45) is 1.52. The number of methoxy groups -OCH3 is 1. The fourth-order valence-corrected chi connectivity index (χ4v) is 3.40. The highest BCUT2D eigenvalue weighted by Crippen LogP contribution is 2.15. The van der Waals surface area contributed by atoms with Crippen molar-refractivity contribution in [1.82, 2.24) is 14.7 Å². The summed E-state index contributed by atoms with van der Waals surface area (Å²) in [4.78, 5) is 17.0. The van der Waals surface area contributed by atoms with Crippen LogP contribution in [0.1, 0.15) is 40.7 Å². The molecular formula is C22H26N4O2S. The number of rotatable bonds is 9. The monoisotopic (exact) mass is 410 g/mol. The van der Waals surface area contributed by atoms with Gasteiger partial charge in [0.05, 0.1) is 7.11 Å². The number of hydrogen-bond acceptors (Lipinski definition) is 6. The molecule has 152 valence electrons. The number of aryl methyl sites for hydroxylation is 1. The van der Waals surface area contributed by atoms with Gasteiger partial charge in [0.2, 0.25) is 5.13 Å². The molecule has 0 radical (unpaired) electrons. The van der Waals surface area contributed by atoms with Crippen LogP contribution in [0.3, 0.4) is 0 Å². The Labute approximate surface area is 175 Å². The van der Waals surface area contributed by atoms with Crippen LogP contribution in [0.4, 0.5) is 5.13 Å². The molecule has 0 spiro atoms. The second-order valence-electron chi connectivity index (χ2n) is 6.87. The number of hydrogen-bond donors (Lipinski definition) is 2. The molecule has 0 aliphatic carbocycles. The van der Waals surface area contributed by atoms with Crippen LogP contribution in [0, 0.1) is 6.92 Å². The molecule has 0 saturated carbocycles. The second kappa shape index (κ2) is 10.0. The van der Waals surface area contributed by atoms with Crippen LogP contribution in [0.15, 0.2) is 48.5 Å². The Morgan fingerprint density at radius 2 is 1.86 bits per heavy atom. The molecule has 1 aromatic heterocycles. The van der Waals surface area contributed by atoms with Crippen LogP contribution in [0.5, 0.6) is 5.75 Å². The maximum atomic E-state index is 12.5. The number of benzene rings is 2. The molecule has 2 aromatic carbocycles. The topological polar surface area (TPSA) is 76.1 Å². The van der Waals surface area contributed by atoms with E-state index >= 15 is 0 Å². The van der Waals surface area contributed by atoms with Crippen LogP contribution in [0.25, 0.3) is 0 Å². The summed E-state index contributed by atoms with van der Waals surface area (Å²) in [6.45, 7) is 4.71. The smallest absolute Gasteiger partial charge is 0.251 e. The van der Waals surface area contributed by atoms with Crippen LogP contribution >= 0.6 is 11.5 Å². The van der Waals surface area contributed by atoms with Crippen molar-refractivity contribution in [2.75, 3.05) is 19.0 Å². The van der Waals surface area contributed by atoms with Crippen LogP contribution in [0.2, 0.25) is 0 Å². The molecule has 3 aromatic rings. The molecule has 29 heavy (non-hydrogen) atoms. The molecule has 0 aliphatic rings. The third-order valence-electron chi connectivity index (χ3n) is 4.63. The highest BCUT2D eigenvalue weighted by molar-refractivity contribution is 7.09. The standard InChI is InChI=1S/C22H26N4O2S/c1-4-18(24-21(27)17-9-11-19(28-3)12-10-17)14-23-22-25-20(26-29-22)13-16-7-5-15(2)6-8-16/h5-12,18H,4,13-14H2,1-3H3,(H,24,27)(H,23,25,26). The lowest BCUT2D eigenvalue weighted by atomic mass is 10.1. The lowest BCUT2D eigenvalue weighted by molar-refractivity contribution is 0.0938. The molecule has 0 bridgehead atoms. The lowest BCUT2D eigenvalue weighted by Crippen LogP contribution is -2.39. The van der Waals surface area contributed by atoms with Gasteiger partial charge in [-0.15, -0.1) is 0 Å². The highest BCUT2D eigenvalue weighted by atomic mass is 32.1. The predicted octanol–water partition coefficient (Wildman–Crippen LogP) is 4.07. The van der Waals surface area contributed by atoms with Crippen LogP contribution < -0.4 is 15.4 Å². The average Bonchev–Trinajstić information content (AvgIpc) is 3.20. The van der Waals surface area contributed by atoms with Crippen molar-refractivity contribution in [1.29, 1.82) is 0 Å². The van der Waals surface area contributed by atoms with Crippen LogP contribution in [-0.2, 0) is 6.42 Å². The van der Waals surface area contributed by atoms with Gasteiger partial charge in [-0.1, -0.05) is 36.8 Å². The van der Waals surface area contributed by atoms with Crippen molar-refractivity contribution in [3.63, 3.8) is 0 Å². The van der Waals surface area contributed by atoms with E-state index in [4.69, 9.17) is 4.74 Å². The van der Waals surface area contributed by atoms with Gasteiger partial charge in [-0.05, 0) is 43.2 Å². The molecule has 3 rings (SSSR count). The first-order chi connectivity index (χ1) is 14.1. The van der Waals surface area contributed by atoms with E-state index in [1.54, 1.807) is 31.4 Å². The second-order valence-corrected chi connectivity index (χ2v) is 7.62.